The van der Waals surface area contributed by atoms with E-state index in [1.165, 1.54) is 6.07 Å². The molecule has 0 saturated heterocycles. The molecule has 1 atom stereocenters. The molecule has 1 aliphatic rings. The van der Waals surface area contributed by atoms with Gasteiger partial charge in [0.05, 0.1) is 23.5 Å². The van der Waals surface area contributed by atoms with Crippen molar-refractivity contribution in [1.29, 1.82) is 5.26 Å². The first-order valence-electron chi connectivity index (χ1n) is 7.65. The van der Waals surface area contributed by atoms with Crippen molar-refractivity contribution in [2.75, 3.05) is 11.6 Å². The van der Waals surface area contributed by atoms with Crippen LogP contribution in [-0.4, -0.2) is 37.9 Å². The third-order valence-electron chi connectivity index (χ3n) is 3.77. The highest BCUT2D eigenvalue weighted by atomic mass is 32.2. The van der Waals surface area contributed by atoms with E-state index in [4.69, 9.17) is 5.26 Å². The molecule has 0 spiro atoms. The molecular formula is C15H13F6N5O2S. The fraction of sp³-hybridized carbons (Fsp3) is 0.400. The van der Waals surface area contributed by atoms with Gasteiger partial charge in [-0.05, 0) is 25.1 Å². The second-order valence-corrected chi connectivity index (χ2v) is 7.99. The minimum absolute atomic E-state index is 0.331. The molecule has 0 amide bonds. The van der Waals surface area contributed by atoms with Gasteiger partial charge in [0.1, 0.15) is 17.1 Å². The van der Waals surface area contributed by atoms with Crippen LogP contribution in [0.3, 0.4) is 0 Å². The lowest BCUT2D eigenvalue weighted by atomic mass is 9.95. The number of nitrogens with one attached hydrogen (secondary N) is 2. The SMILES string of the molecule is CC1(/C(=N/S(C)(=O)=O)Nc2ccc(C#N)c(C(F)(F)F)c2)CC(C(F)(F)F)=NN1. The first-order valence-corrected chi connectivity index (χ1v) is 9.50. The third-order valence-corrected chi connectivity index (χ3v) is 4.29. The van der Waals surface area contributed by atoms with Gasteiger partial charge in [0.25, 0.3) is 10.0 Å². The first-order chi connectivity index (χ1) is 13.0. The van der Waals surface area contributed by atoms with E-state index in [1.54, 1.807) is 0 Å². The van der Waals surface area contributed by atoms with Crippen molar-refractivity contribution in [3.05, 3.63) is 29.3 Å². The Morgan fingerprint density at radius 2 is 1.90 bits per heavy atom. The quantitative estimate of drug-likeness (QED) is 0.426. The van der Waals surface area contributed by atoms with Crippen LogP contribution < -0.4 is 10.7 Å². The Hall–Kier alpha value is -2.82. The van der Waals surface area contributed by atoms with Gasteiger partial charge in [0.15, 0.2) is 0 Å². The number of anilines is 1. The zero-order valence-corrected chi connectivity index (χ0v) is 15.6. The van der Waals surface area contributed by atoms with Crippen LogP contribution in [0.4, 0.5) is 32.0 Å². The maximum atomic E-state index is 13.1. The number of nitriles is 1. The van der Waals surface area contributed by atoms with Crippen LogP contribution in [0.2, 0.25) is 0 Å². The summed E-state index contributed by atoms with van der Waals surface area (Å²) >= 11 is 0. The highest BCUT2D eigenvalue weighted by Gasteiger charge is 2.47. The summed E-state index contributed by atoms with van der Waals surface area (Å²) in [4.78, 5) is 0. The second kappa shape index (κ2) is 7.21. The van der Waals surface area contributed by atoms with Crippen LogP contribution in [-0.2, 0) is 16.2 Å². The minimum atomic E-state index is -4.89. The Labute approximate surface area is 161 Å². The lowest BCUT2D eigenvalue weighted by molar-refractivity contribution is -0.137. The van der Waals surface area contributed by atoms with E-state index in [-0.39, 0.29) is 5.69 Å². The Balaban J connectivity index is 2.48. The zero-order valence-electron chi connectivity index (χ0n) is 14.8. The molecule has 29 heavy (non-hydrogen) atoms. The fourth-order valence-electron chi connectivity index (χ4n) is 2.42. The molecule has 1 heterocycles. The summed E-state index contributed by atoms with van der Waals surface area (Å²) in [5, 5.41) is 14.3. The molecule has 0 aliphatic carbocycles. The maximum Gasteiger partial charge on any atom is 0.431 e. The van der Waals surface area contributed by atoms with Gasteiger partial charge in [-0.2, -0.15) is 36.7 Å². The van der Waals surface area contributed by atoms with Crippen LogP contribution in [0.1, 0.15) is 24.5 Å². The number of halogens is 6. The number of sulfonamides is 1. The molecule has 1 aliphatic heterocycles. The van der Waals surface area contributed by atoms with Gasteiger partial charge in [0, 0.05) is 12.1 Å². The van der Waals surface area contributed by atoms with Crippen molar-refractivity contribution in [1.82, 2.24) is 5.43 Å². The van der Waals surface area contributed by atoms with Crippen molar-refractivity contribution in [3.8, 4) is 6.07 Å². The summed E-state index contributed by atoms with van der Waals surface area (Å²) < 4.78 is 105. The average Bonchev–Trinajstić information content (AvgIpc) is 2.96. The molecule has 0 aromatic heterocycles. The summed E-state index contributed by atoms with van der Waals surface area (Å²) in [7, 11) is -4.14. The molecule has 0 radical (unpaired) electrons. The van der Waals surface area contributed by atoms with Crippen molar-refractivity contribution in [2.45, 2.75) is 31.2 Å². The number of hydrogen-bond donors (Lipinski definition) is 2. The summed E-state index contributed by atoms with van der Waals surface area (Å²) in [6.07, 6.45) is -9.84. The molecule has 0 bridgehead atoms. The van der Waals surface area contributed by atoms with Gasteiger partial charge in [-0.1, -0.05) is 0 Å². The molecular weight excluding hydrogens is 428 g/mol. The van der Waals surface area contributed by atoms with Crippen LogP contribution >= 0.6 is 0 Å². The van der Waals surface area contributed by atoms with Gasteiger partial charge >= 0.3 is 12.4 Å². The number of alkyl halides is 6. The van der Waals surface area contributed by atoms with Crippen molar-refractivity contribution >= 4 is 27.3 Å². The fourth-order valence-corrected chi connectivity index (χ4v) is 3.00. The predicted molar refractivity (Wildman–Crippen MR) is 91.7 cm³/mol. The molecule has 158 valence electrons. The van der Waals surface area contributed by atoms with E-state index in [9.17, 15) is 34.8 Å². The van der Waals surface area contributed by atoms with Gasteiger partial charge in [-0.15, -0.1) is 4.40 Å². The monoisotopic (exact) mass is 441 g/mol. The molecule has 2 N–H and O–H groups in total. The molecule has 7 nitrogen and oxygen atoms in total. The standard InChI is InChI=1S/C15H13F6N5O2S/c1-13(6-11(24-26-13)15(19,20)21)12(25-29(2,27)28)23-9-4-3-8(7-22)10(5-9)14(16,17)18/h3-5,26H,6H2,1-2H3,(H,23,25). The highest BCUT2D eigenvalue weighted by molar-refractivity contribution is 7.89. The lowest BCUT2D eigenvalue weighted by Crippen LogP contribution is -2.48. The Morgan fingerprint density at radius 3 is 2.34 bits per heavy atom. The van der Waals surface area contributed by atoms with E-state index in [0.29, 0.717) is 12.3 Å². The number of rotatable bonds is 3. The lowest BCUT2D eigenvalue weighted by Gasteiger charge is -2.27. The summed E-state index contributed by atoms with van der Waals surface area (Å²) in [5.74, 6) is -0.596. The highest BCUT2D eigenvalue weighted by Crippen LogP contribution is 2.34. The summed E-state index contributed by atoms with van der Waals surface area (Å²) in [5.41, 5.74) is -3.21. The molecule has 0 fully saturated rings. The molecule has 1 aromatic carbocycles. The van der Waals surface area contributed by atoms with Gasteiger partial charge in [-0.3, -0.25) is 5.43 Å². The molecule has 1 unspecified atom stereocenters. The van der Waals surface area contributed by atoms with Crippen molar-refractivity contribution in [3.63, 3.8) is 0 Å². The molecule has 2 rings (SSSR count). The zero-order chi connectivity index (χ0) is 22.3. The van der Waals surface area contributed by atoms with Gasteiger partial charge in [-0.25, -0.2) is 8.42 Å². The van der Waals surface area contributed by atoms with E-state index >= 15 is 0 Å². The van der Waals surface area contributed by atoms with E-state index in [1.807, 2.05) is 0 Å². The number of amidine groups is 1. The van der Waals surface area contributed by atoms with E-state index in [0.717, 1.165) is 19.1 Å². The number of benzene rings is 1. The predicted octanol–water partition coefficient (Wildman–Crippen LogP) is 3.02. The Kier molecular flexibility index (Phi) is 5.59. The number of nitrogens with zero attached hydrogens (tertiary/aromatic N) is 3. The molecule has 14 heteroatoms. The Bertz CT molecular complexity index is 1020. The maximum absolute atomic E-state index is 13.1. The average molecular weight is 441 g/mol. The normalized spacial score (nSPS) is 20.7. The summed E-state index contributed by atoms with van der Waals surface area (Å²) in [6, 6.07) is 3.78. The van der Waals surface area contributed by atoms with Crippen molar-refractivity contribution in [2.24, 2.45) is 9.50 Å². The van der Waals surface area contributed by atoms with Crippen LogP contribution in [0.25, 0.3) is 0 Å². The van der Waals surface area contributed by atoms with Crippen LogP contribution in [0, 0.1) is 11.3 Å². The topological polar surface area (TPSA) is 107 Å². The van der Waals surface area contributed by atoms with Gasteiger partial charge < -0.3 is 5.32 Å². The Morgan fingerprint density at radius 1 is 1.28 bits per heavy atom. The van der Waals surface area contributed by atoms with Crippen LogP contribution in [0.5, 0.6) is 0 Å². The summed E-state index contributed by atoms with van der Waals surface area (Å²) in [6.45, 7) is 1.15. The molecule has 1 aromatic rings. The smallest absolute Gasteiger partial charge is 0.341 e. The first kappa shape index (κ1) is 22.5. The second-order valence-electron chi connectivity index (χ2n) is 6.34. The number of hydrazone groups is 1. The van der Waals surface area contributed by atoms with Crippen LogP contribution in [0.15, 0.2) is 27.7 Å². The number of hydrogen-bond acceptors (Lipinski definition) is 5. The van der Waals surface area contributed by atoms with Gasteiger partial charge in [0.2, 0.25) is 0 Å². The molecule has 0 saturated carbocycles. The van der Waals surface area contributed by atoms with E-state index < -0.39 is 57.0 Å². The van der Waals surface area contributed by atoms with E-state index in [2.05, 4.69) is 20.2 Å². The van der Waals surface area contributed by atoms with Crippen molar-refractivity contribution < 1.29 is 34.8 Å². The minimum Gasteiger partial charge on any atom is -0.341 e. The third kappa shape index (κ3) is 5.37. The largest absolute Gasteiger partial charge is 0.431 e.